The number of carbonyl (C=O) groups excluding carboxylic acids is 1. The number of methoxy groups -OCH3 is 2. The van der Waals surface area contributed by atoms with Crippen molar-refractivity contribution in [2.75, 3.05) is 45.8 Å². The lowest BCUT2D eigenvalue weighted by Crippen LogP contribution is -2.39. The van der Waals surface area contributed by atoms with Crippen molar-refractivity contribution in [2.45, 2.75) is 6.04 Å². The number of hydrogen-bond donors (Lipinski definition) is 1. The third-order valence-electron chi connectivity index (χ3n) is 6.28. The summed E-state index contributed by atoms with van der Waals surface area (Å²) in [5, 5.41) is 3.98. The van der Waals surface area contributed by atoms with Gasteiger partial charge in [-0.15, -0.1) is 0 Å². The summed E-state index contributed by atoms with van der Waals surface area (Å²) in [4.78, 5) is 15.5. The highest BCUT2D eigenvalue weighted by atomic mass is 16.5. The van der Waals surface area contributed by atoms with E-state index in [4.69, 9.17) is 18.6 Å². The van der Waals surface area contributed by atoms with Crippen molar-refractivity contribution in [1.29, 1.82) is 0 Å². The fraction of sp³-hybridized carbons (Fsp3) is 0.250. The average Bonchev–Trinajstić information content (AvgIpc) is 3.27. The molecule has 1 atom stereocenters. The lowest BCUT2D eigenvalue weighted by Gasteiger charge is -2.34. The van der Waals surface area contributed by atoms with E-state index in [1.165, 1.54) is 0 Å². The van der Waals surface area contributed by atoms with Crippen LogP contribution in [-0.2, 0) is 4.74 Å². The van der Waals surface area contributed by atoms with E-state index in [1.807, 2.05) is 60.7 Å². The average molecular weight is 473 g/mol. The number of nitrogens with one attached hydrogen (secondary N) is 1. The molecule has 1 fully saturated rings. The van der Waals surface area contributed by atoms with Gasteiger partial charge >= 0.3 is 0 Å². The Balaban J connectivity index is 1.69. The molecule has 0 radical (unpaired) electrons. The third-order valence-corrected chi connectivity index (χ3v) is 6.28. The fourth-order valence-electron chi connectivity index (χ4n) is 4.63. The summed E-state index contributed by atoms with van der Waals surface area (Å²) in [6.07, 6.45) is 0. The molecule has 35 heavy (non-hydrogen) atoms. The van der Waals surface area contributed by atoms with Crippen LogP contribution in [0.25, 0.3) is 11.0 Å². The molecule has 4 aromatic rings. The molecule has 1 aromatic heterocycles. The highest BCUT2D eigenvalue weighted by Gasteiger charge is 2.34. The monoisotopic (exact) mass is 472 g/mol. The normalized spacial score (nSPS) is 15.0. The molecule has 0 aliphatic carbocycles. The van der Waals surface area contributed by atoms with Gasteiger partial charge in [0.25, 0.3) is 5.91 Å². The van der Waals surface area contributed by atoms with Crippen LogP contribution in [0.1, 0.15) is 27.7 Å². The number of ether oxygens (including phenoxy) is 3. The quantitative estimate of drug-likeness (QED) is 0.402. The summed E-state index contributed by atoms with van der Waals surface area (Å²) in [6.45, 7) is 2.62. The molecule has 2 heterocycles. The highest BCUT2D eigenvalue weighted by molar-refractivity contribution is 6.09. The molecule has 1 amide bonds. The molecule has 0 saturated carbocycles. The Labute approximate surface area is 204 Å². The molecule has 180 valence electrons. The van der Waals surface area contributed by atoms with E-state index in [-0.39, 0.29) is 11.9 Å². The summed E-state index contributed by atoms with van der Waals surface area (Å²) in [5.74, 6) is 1.71. The number of carbonyl (C=O) groups is 1. The number of hydrogen-bond acceptors (Lipinski definition) is 6. The maximum absolute atomic E-state index is 13.2. The molecule has 1 aliphatic rings. The molecular weight excluding hydrogens is 444 g/mol. The second kappa shape index (κ2) is 10.2. The number of para-hydroxylation sites is 2. The van der Waals surface area contributed by atoms with Crippen molar-refractivity contribution in [2.24, 2.45) is 0 Å². The van der Waals surface area contributed by atoms with Gasteiger partial charge < -0.3 is 23.9 Å². The predicted molar refractivity (Wildman–Crippen MR) is 134 cm³/mol. The molecule has 0 spiro atoms. The van der Waals surface area contributed by atoms with Crippen molar-refractivity contribution < 1.29 is 23.4 Å². The van der Waals surface area contributed by atoms with E-state index < -0.39 is 0 Å². The number of nitrogens with zero attached hydrogens (tertiary/aromatic N) is 1. The van der Waals surface area contributed by atoms with Crippen LogP contribution >= 0.6 is 0 Å². The SMILES string of the molecule is COc1cccc([C@@H](c2oc3ccccc3c2NC(=O)c2ccccc2)N2CCOCC2)c1OC. The Morgan fingerprint density at radius 1 is 0.914 bits per heavy atom. The Hall–Kier alpha value is -3.81. The topological polar surface area (TPSA) is 73.2 Å². The molecule has 0 bridgehead atoms. The summed E-state index contributed by atoms with van der Waals surface area (Å²) in [5.41, 5.74) is 2.82. The zero-order valence-electron chi connectivity index (χ0n) is 19.8. The molecular formula is C28H28N2O5. The van der Waals surface area contributed by atoms with Crippen molar-refractivity contribution in [3.8, 4) is 11.5 Å². The molecule has 3 aromatic carbocycles. The first-order valence-corrected chi connectivity index (χ1v) is 11.6. The van der Waals surface area contributed by atoms with E-state index in [1.54, 1.807) is 26.4 Å². The predicted octanol–water partition coefficient (Wildman–Crippen LogP) is 5.12. The molecule has 1 N–H and O–H groups in total. The lowest BCUT2D eigenvalue weighted by atomic mass is 9.98. The van der Waals surface area contributed by atoms with Gasteiger partial charge in [-0.1, -0.05) is 42.5 Å². The minimum absolute atomic E-state index is 0.197. The number of fused-ring (bicyclic) bond motifs is 1. The number of benzene rings is 3. The number of morpholine rings is 1. The van der Waals surface area contributed by atoms with Gasteiger partial charge in [0, 0.05) is 29.6 Å². The van der Waals surface area contributed by atoms with Gasteiger partial charge in [0.05, 0.1) is 39.2 Å². The van der Waals surface area contributed by atoms with Crippen LogP contribution in [0, 0.1) is 0 Å². The van der Waals surface area contributed by atoms with Crippen LogP contribution in [0.4, 0.5) is 5.69 Å². The first-order chi connectivity index (χ1) is 17.2. The first kappa shape index (κ1) is 23.0. The smallest absolute Gasteiger partial charge is 0.255 e. The van der Waals surface area contributed by atoms with Gasteiger partial charge in [0.2, 0.25) is 0 Å². The van der Waals surface area contributed by atoms with E-state index >= 15 is 0 Å². The van der Waals surface area contributed by atoms with Gasteiger partial charge in [-0.3, -0.25) is 9.69 Å². The second-order valence-corrected chi connectivity index (χ2v) is 8.29. The van der Waals surface area contributed by atoms with Crippen molar-refractivity contribution in [3.63, 3.8) is 0 Å². The summed E-state index contributed by atoms with van der Waals surface area (Å²) >= 11 is 0. The van der Waals surface area contributed by atoms with Crippen LogP contribution in [0.5, 0.6) is 11.5 Å². The number of anilines is 1. The van der Waals surface area contributed by atoms with Crippen LogP contribution in [0.3, 0.4) is 0 Å². The van der Waals surface area contributed by atoms with E-state index in [2.05, 4.69) is 10.2 Å². The summed E-state index contributed by atoms with van der Waals surface area (Å²) in [7, 11) is 3.26. The highest BCUT2D eigenvalue weighted by Crippen LogP contribution is 2.45. The van der Waals surface area contributed by atoms with Gasteiger partial charge in [-0.05, 0) is 30.3 Å². The number of furan rings is 1. The van der Waals surface area contributed by atoms with Gasteiger partial charge in [0.15, 0.2) is 17.3 Å². The molecule has 5 rings (SSSR count). The molecule has 7 nitrogen and oxygen atoms in total. The van der Waals surface area contributed by atoms with Crippen molar-refractivity contribution in [3.05, 3.63) is 89.7 Å². The van der Waals surface area contributed by atoms with Crippen LogP contribution in [-0.4, -0.2) is 51.3 Å². The number of rotatable bonds is 7. The van der Waals surface area contributed by atoms with Crippen molar-refractivity contribution >= 4 is 22.6 Å². The minimum atomic E-state index is -0.331. The molecule has 7 heteroatoms. The van der Waals surface area contributed by atoms with E-state index in [9.17, 15) is 4.79 Å². The standard InChI is InChI=1S/C28H28N2O5/c1-32-23-14-8-12-21(26(23)33-2)25(30-15-17-34-18-16-30)27-24(20-11-6-7-13-22(20)35-27)29-28(31)19-9-4-3-5-10-19/h3-14,25H,15-18H2,1-2H3,(H,29,31)/t25-/m0/s1. The van der Waals surface area contributed by atoms with E-state index in [0.717, 1.165) is 10.9 Å². The Bertz CT molecular complexity index is 1310. The number of amides is 1. The van der Waals surface area contributed by atoms with Crippen LogP contribution in [0.2, 0.25) is 0 Å². The summed E-state index contributed by atoms with van der Waals surface area (Å²) < 4.78 is 23.5. The Kier molecular flexibility index (Phi) is 6.70. The third kappa shape index (κ3) is 4.48. The van der Waals surface area contributed by atoms with E-state index in [0.29, 0.717) is 60.4 Å². The Morgan fingerprint density at radius 2 is 1.66 bits per heavy atom. The first-order valence-electron chi connectivity index (χ1n) is 11.6. The minimum Gasteiger partial charge on any atom is -0.493 e. The fourth-order valence-corrected chi connectivity index (χ4v) is 4.63. The summed E-state index contributed by atoms with van der Waals surface area (Å²) in [6, 6.07) is 22.4. The maximum Gasteiger partial charge on any atom is 0.255 e. The Morgan fingerprint density at radius 3 is 2.40 bits per heavy atom. The van der Waals surface area contributed by atoms with Crippen molar-refractivity contribution in [1.82, 2.24) is 4.90 Å². The maximum atomic E-state index is 13.2. The van der Waals surface area contributed by atoms with Gasteiger partial charge in [-0.2, -0.15) is 0 Å². The largest absolute Gasteiger partial charge is 0.493 e. The van der Waals surface area contributed by atoms with Crippen LogP contribution < -0.4 is 14.8 Å². The molecule has 1 saturated heterocycles. The van der Waals surface area contributed by atoms with Gasteiger partial charge in [0.1, 0.15) is 5.58 Å². The lowest BCUT2D eigenvalue weighted by molar-refractivity contribution is 0.0201. The molecule has 1 aliphatic heterocycles. The zero-order valence-corrected chi connectivity index (χ0v) is 19.8. The second-order valence-electron chi connectivity index (χ2n) is 8.29. The molecule has 0 unspecified atom stereocenters. The zero-order chi connectivity index (χ0) is 24.2. The van der Waals surface area contributed by atoms with Crippen LogP contribution in [0.15, 0.2) is 77.2 Å². The van der Waals surface area contributed by atoms with Gasteiger partial charge in [-0.25, -0.2) is 0 Å².